The summed E-state index contributed by atoms with van der Waals surface area (Å²) in [7, 11) is 0. The molecule has 0 spiro atoms. The van der Waals surface area contributed by atoms with Crippen molar-refractivity contribution < 1.29 is 19.1 Å². The van der Waals surface area contributed by atoms with Gasteiger partial charge >= 0.3 is 11.9 Å². The van der Waals surface area contributed by atoms with Crippen LogP contribution in [0.15, 0.2) is 59.1 Å². The Kier molecular flexibility index (Phi) is 14.0. The molecular weight excluding hydrogens is 691 g/mol. The second-order valence-electron chi connectivity index (χ2n) is 11.6. The first kappa shape index (κ1) is 36.0. The number of ether oxygens (including phenoxy) is 2. The molecule has 1 aliphatic rings. The molecule has 5 N–H and O–H groups in total. The quantitative estimate of drug-likeness (QED) is 0.0662. The number of anilines is 3. The zero-order chi connectivity index (χ0) is 32.9. The van der Waals surface area contributed by atoms with Crippen molar-refractivity contribution in [2.24, 2.45) is 0 Å². The number of hydrogen-bond acceptors (Lipinski definition) is 8. The fraction of sp³-hybridized carbons (Fsp3) is 0.429. The molecule has 4 rings (SSSR count). The van der Waals surface area contributed by atoms with Gasteiger partial charge in [0, 0.05) is 28.8 Å². The molecule has 0 aliphatic heterocycles. The minimum atomic E-state index is -0.396. The smallest absolute Gasteiger partial charge is 0.338 e. The highest BCUT2D eigenvalue weighted by Gasteiger charge is 2.29. The SMILES string of the molecule is CCC1(NCc2cc(C(=O)OCCNCCCOC(=O)Cc3ccccc3Nc3c(Cl)cccc3Cl)cc(Br)c2N)CCCCC1. The molecule has 248 valence electrons. The summed E-state index contributed by atoms with van der Waals surface area (Å²) in [5.41, 5.74) is 10.5. The van der Waals surface area contributed by atoms with Crippen LogP contribution in [0, 0.1) is 0 Å². The van der Waals surface area contributed by atoms with Gasteiger partial charge in [0.15, 0.2) is 0 Å². The summed E-state index contributed by atoms with van der Waals surface area (Å²) in [4.78, 5) is 25.3. The van der Waals surface area contributed by atoms with Crippen LogP contribution >= 0.6 is 39.1 Å². The van der Waals surface area contributed by atoms with E-state index in [0.717, 1.165) is 36.1 Å². The fourth-order valence-electron chi connectivity index (χ4n) is 5.67. The van der Waals surface area contributed by atoms with E-state index in [1.54, 1.807) is 24.3 Å². The molecule has 11 heteroatoms. The van der Waals surface area contributed by atoms with E-state index in [-0.39, 0.29) is 31.1 Å². The molecule has 0 unspecified atom stereocenters. The molecule has 0 aromatic heterocycles. The van der Waals surface area contributed by atoms with E-state index in [1.165, 1.54) is 19.3 Å². The molecule has 8 nitrogen and oxygen atoms in total. The molecular formula is C35H43BrCl2N4O4. The largest absolute Gasteiger partial charge is 0.465 e. The van der Waals surface area contributed by atoms with Gasteiger partial charge < -0.3 is 31.2 Å². The number of halogens is 3. The lowest BCUT2D eigenvalue weighted by atomic mass is 9.79. The summed E-state index contributed by atoms with van der Waals surface area (Å²) in [5, 5.41) is 11.2. The Morgan fingerprint density at radius 2 is 1.67 bits per heavy atom. The van der Waals surface area contributed by atoms with Crippen molar-refractivity contribution in [3.05, 3.63) is 85.8 Å². The van der Waals surface area contributed by atoms with E-state index in [0.29, 0.717) is 57.5 Å². The minimum absolute atomic E-state index is 0.104. The first-order chi connectivity index (χ1) is 22.2. The van der Waals surface area contributed by atoms with Crippen LogP contribution in [0.4, 0.5) is 17.1 Å². The summed E-state index contributed by atoms with van der Waals surface area (Å²) in [5.74, 6) is -0.728. The molecule has 0 bridgehead atoms. The monoisotopic (exact) mass is 732 g/mol. The maximum atomic E-state index is 12.8. The number of nitrogens with one attached hydrogen (secondary N) is 3. The average Bonchev–Trinajstić information content (AvgIpc) is 3.05. The van der Waals surface area contributed by atoms with Crippen LogP contribution in [-0.4, -0.2) is 43.8 Å². The molecule has 0 saturated heterocycles. The molecule has 0 heterocycles. The Morgan fingerprint density at radius 1 is 0.935 bits per heavy atom. The molecule has 0 atom stereocenters. The predicted octanol–water partition coefficient (Wildman–Crippen LogP) is 8.21. The second kappa shape index (κ2) is 17.9. The zero-order valence-corrected chi connectivity index (χ0v) is 29.3. The van der Waals surface area contributed by atoms with Crippen molar-refractivity contribution >= 4 is 68.1 Å². The van der Waals surface area contributed by atoms with Gasteiger partial charge in [0.05, 0.1) is 40.0 Å². The van der Waals surface area contributed by atoms with Crippen molar-refractivity contribution in [1.82, 2.24) is 10.6 Å². The Labute approximate surface area is 290 Å². The normalized spacial score (nSPS) is 14.1. The van der Waals surface area contributed by atoms with Crippen LogP contribution < -0.4 is 21.7 Å². The van der Waals surface area contributed by atoms with Crippen LogP contribution in [0.2, 0.25) is 10.0 Å². The van der Waals surface area contributed by atoms with Gasteiger partial charge in [-0.05, 0) is 89.6 Å². The lowest BCUT2D eigenvalue weighted by Gasteiger charge is -2.38. The van der Waals surface area contributed by atoms with E-state index >= 15 is 0 Å². The molecule has 0 radical (unpaired) electrons. The van der Waals surface area contributed by atoms with Gasteiger partial charge in [0.2, 0.25) is 0 Å². The number of rotatable bonds is 16. The molecule has 1 fully saturated rings. The highest BCUT2D eigenvalue weighted by molar-refractivity contribution is 9.10. The summed E-state index contributed by atoms with van der Waals surface area (Å²) >= 11 is 16.1. The van der Waals surface area contributed by atoms with E-state index < -0.39 is 5.97 Å². The van der Waals surface area contributed by atoms with E-state index in [9.17, 15) is 9.59 Å². The third-order valence-electron chi connectivity index (χ3n) is 8.44. The van der Waals surface area contributed by atoms with E-state index in [4.69, 9.17) is 38.4 Å². The molecule has 46 heavy (non-hydrogen) atoms. The molecule has 1 saturated carbocycles. The van der Waals surface area contributed by atoms with Gasteiger partial charge in [-0.3, -0.25) is 4.79 Å². The number of carbonyl (C=O) groups is 2. The lowest BCUT2D eigenvalue weighted by Crippen LogP contribution is -2.45. The number of carbonyl (C=O) groups excluding carboxylic acids is 2. The van der Waals surface area contributed by atoms with Crippen LogP contribution in [-0.2, 0) is 27.2 Å². The van der Waals surface area contributed by atoms with Gasteiger partial charge in [0.1, 0.15) is 6.61 Å². The highest BCUT2D eigenvalue weighted by Crippen LogP contribution is 2.34. The van der Waals surface area contributed by atoms with E-state index in [2.05, 4.69) is 38.8 Å². The minimum Gasteiger partial charge on any atom is -0.465 e. The zero-order valence-electron chi connectivity index (χ0n) is 26.2. The number of nitrogen functional groups attached to an aromatic ring is 1. The summed E-state index contributed by atoms with van der Waals surface area (Å²) in [6.07, 6.45) is 7.88. The van der Waals surface area contributed by atoms with Crippen molar-refractivity contribution in [1.29, 1.82) is 0 Å². The molecule has 0 amide bonds. The van der Waals surface area contributed by atoms with Gasteiger partial charge in [-0.25, -0.2) is 4.79 Å². The van der Waals surface area contributed by atoms with Crippen LogP contribution in [0.25, 0.3) is 0 Å². The van der Waals surface area contributed by atoms with Gasteiger partial charge in [-0.1, -0.05) is 73.7 Å². The highest BCUT2D eigenvalue weighted by atomic mass is 79.9. The number of hydrogen-bond donors (Lipinski definition) is 4. The number of esters is 2. The van der Waals surface area contributed by atoms with Crippen molar-refractivity contribution in [2.75, 3.05) is 37.4 Å². The molecule has 1 aliphatic carbocycles. The van der Waals surface area contributed by atoms with Gasteiger partial charge in [0.25, 0.3) is 0 Å². The maximum Gasteiger partial charge on any atom is 0.338 e. The third-order valence-corrected chi connectivity index (χ3v) is 9.73. The summed E-state index contributed by atoms with van der Waals surface area (Å²) in [6.45, 7) is 4.40. The second-order valence-corrected chi connectivity index (χ2v) is 13.3. The van der Waals surface area contributed by atoms with Crippen LogP contribution in [0.1, 0.15) is 73.4 Å². The van der Waals surface area contributed by atoms with Gasteiger partial charge in [-0.15, -0.1) is 0 Å². The summed E-state index contributed by atoms with van der Waals surface area (Å²) in [6, 6.07) is 16.2. The Hall–Kier alpha value is -2.82. The average molecular weight is 735 g/mol. The Bertz CT molecular complexity index is 1460. The Balaban J connectivity index is 1.14. The van der Waals surface area contributed by atoms with Crippen molar-refractivity contribution in [3.63, 3.8) is 0 Å². The fourth-order valence-corrected chi connectivity index (χ4v) is 6.66. The van der Waals surface area contributed by atoms with E-state index in [1.807, 2.05) is 30.3 Å². The predicted molar refractivity (Wildman–Crippen MR) is 190 cm³/mol. The standard InChI is InChI=1S/C35H43BrCl2N4O4/c1-2-35(14-6-3-7-15-35)41-23-26-20-25(21-27(36)32(26)39)34(44)46-19-17-40-16-9-18-45-31(43)22-24-10-4-5-13-30(24)42-33-28(37)11-8-12-29(33)38/h4-5,8,10-13,20-21,40-42H,2-3,6-7,9,14-19,22-23,39H2,1H3. The maximum absolute atomic E-state index is 12.8. The lowest BCUT2D eigenvalue weighted by molar-refractivity contribution is -0.142. The number of para-hydroxylation sites is 2. The Morgan fingerprint density at radius 3 is 2.41 bits per heavy atom. The van der Waals surface area contributed by atoms with Crippen LogP contribution in [0.3, 0.4) is 0 Å². The van der Waals surface area contributed by atoms with Crippen molar-refractivity contribution in [3.8, 4) is 0 Å². The molecule has 3 aromatic carbocycles. The molecule has 3 aromatic rings. The summed E-state index contributed by atoms with van der Waals surface area (Å²) < 4.78 is 11.6. The van der Waals surface area contributed by atoms with Gasteiger partial charge in [-0.2, -0.15) is 0 Å². The number of nitrogens with two attached hydrogens (primary N) is 1. The topological polar surface area (TPSA) is 115 Å². The first-order valence-electron chi connectivity index (χ1n) is 15.9. The van der Waals surface area contributed by atoms with Crippen LogP contribution in [0.5, 0.6) is 0 Å². The first-order valence-corrected chi connectivity index (χ1v) is 17.4. The third kappa shape index (κ3) is 10.3. The van der Waals surface area contributed by atoms with Crippen molar-refractivity contribution in [2.45, 2.75) is 70.4 Å². The number of benzene rings is 3.